The van der Waals surface area contributed by atoms with Crippen molar-refractivity contribution in [2.24, 2.45) is 11.8 Å². The second-order valence-corrected chi connectivity index (χ2v) is 7.16. The lowest BCUT2D eigenvalue weighted by molar-refractivity contribution is -0.126. The fourth-order valence-electron chi connectivity index (χ4n) is 2.94. The molecule has 0 saturated carbocycles. The minimum atomic E-state index is -0.327. The van der Waals surface area contributed by atoms with E-state index >= 15 is 0 Å². The van der Waals surface area contributed by atoms with Gasteiger partial charge >= 0.3 is 0 Å². The summed E-state index contributed by atoms with van der Waals surface area (Å²) in [5.41, 5.74) is 0. The van der Waals surface area contributed by atoms with Crippen LogP contribution in [0, 0.1) is 11.8 Å². The zero-order valence-electron chi connectivity index (χ0n) is 13.7. The van der Waals surface area contributed by atoms with Gasteiger partial charge in [0.15, 0.2) is 0 Å². The lowest BCUT2D eigenvalue weighted by Gasteiger charge is -2.22. The van der Waals surface area contributed by atoms with Gasteiger partial charge in [0.25, 0.3) is 0 Å². The van der Waals surface area contributed by atoms with Crippen LogP contribution in [0.1, 0.15) is 24.3 Å². The molecular weight excluding hydrogens is 332 g/mol. The topological polar surface area (TPSA) is 93.7 Å². The second-order valence-electron chi connectivity index (χ2n) is 6.12. The Bertz CT molecular complexity index is 588. The second kappa shape index (κ2) is 8.00. The third-order valence-electron chi connectivity index (χ3n) is 4.36. The number of carbonyl (C=O) groups is 2. The number of anilines is 1. The molecule has 2 aliphatic rings. The summed E-state index contributed by atoms with van der Waals surface area (Å²) in [5, 5.41) is 12.3. The van der Waals surface area contributed by atoms with Crippen molar-refractivity contribution in [2.45, 2.75) is 25.9 Å². The zero-order chi connectivity index (χ0) is 16.9. The molecule has 2 fully saturated rings. The fourth-order valence-corrected chi connectivity index (χ4v) is 3.78. The van der Waals surface area contributed by atoms with E-state index in [1.54, 1.807) is 12.0 Å². The highest BCUT2D eigenvalue weighted by Crippen LogP contribution is 2.28. The van der Waals surface area contributed by atoms with Crippen molar-refractivity contribution >= 4 is 28.3 Å². The largest absolute Gasteiger partial charge is 0.381 e. The number of amides is 2. The lowest BCUT2D eigenvalue weighted by Crippen LogP contribution is -2.37. The smallest absolute Gasteiger partial charge is 0.229 e. The number of nitrogens with zero attached hydrogens (tertiary/aromatic N) is 3. The lowest BCUT2D eigenvalue weighted by atomic mass is 10.00. The van der Waals surface area contributed by atoms with E-state index in [2.05, 4.69) is 15.5 Å². The van der Waals surface area contributed by atoms with Crippen LogP contribution in [0.15, 0.2) is 0 Å². The maximum Gasteiger partial charge on any atom is 0.229 e. The van der Waals surface area contributed by atoms with Gasteiger partial charge in [-0.2, -0.15) is 0 Å². The number of nitrogens with one attached hydrogen (secondary N) is 1. The average Bonchev–Trinajstić information content (AvgIpc) is 3.20. The minimum Gasteiger partial charge on any atom is -0.381 e. The summed E-state index contributed by atoms with van der Waals surface area (Å²) in [4.78, 5) is 26.1. The molecule has 132 valence electrons. The fraction of sp³-hybridized carbons (Fsp3) is 0.733. The molecule has 0 spiro atoms. The van der Waals surface area contributed by atoms with Crippen LogP contribution in [0.5, 0.6) is 0 Å². The Balaban J connectivity index is 1.52. The Hall–Kier alpha value is -1.58. The highest BCUT2D eigenvalue weighted by Gasteiger charge is 2.36. The number of hydrogen-bond donors (Lipinski definition) is 1. The normalized spacial score (nSPS) is 22.1. The van der Waals surface area contributed by atoms with Crippen LogP contribution in [-0.4, -0.2) is 55.4 Å². The van der Waals surface area contributed by atoms with Gasteiger partial charge in [0.2, 0.25) is 16.9 Å². The Labute approximate surface area is 144 Å². The summed E-state index contributed by atoms with van der Waals surface area (Å²) in [6.07, 6.45) is 2.17. The predicted molar refractivity (Wildman–Crippen MR) is 87.6 cm³/mol. The molecular formula is C15H22N4O4S. The molecule has 0 bridgehead atoms. The van der Waals surface area contributed by atoms with Gasteiger partial charge in [-0.15, -0.1) is 10.2 Å². The Morgan fingerprint density at radius 1 is 1.42 bits per heavy atom. The number of rotatable bonds is 6. The maximum absolute atomic E-state index is 12.3. The van der Waals surface area contributed by atoms with Crippen LogP contribution in [0.2, 0.25) is 0 Å². The predicted octanol–water partition coefficient (Wildman–Crippen LogP) is 0.580. The van der Waals surface area contributed by atoms with E-state index in [9.17, 15) is 9.59 Å². The molecule has 3 rings (SSSR count). The highest BCUT2D eigenvalue weighted by molar-refractivity contribution is 7.15. The molecule has 8 nitrogen and oxygen atoms in total. The first-order valence-electron chi connectivity index (χ1n) is 8.14. The number of aromatic nitrogens is 2. The molecule has 24 heavy (non-hydrogen) atoms. The third kappa shape index (κ3) is 4.08. The molecule has 2 saturated heterocycles. The van der Waals surface area contributed by atoms with Gasteiger partial charge < -0.3 is 14.8 Å². The van der Waals surface area contributed by atoms with Crippen molar-refractivity contribution in [3.05, 3.63) is 5.01 Å². The summed E-state index contributed by atoms with van der Waals surface area (Å²) < 4.78 is 10.3. The van der Waals surface area contributed by atoms with E-state index in [-0.39, 0.29) is 24.2 Å². The van der Waals surface area contributed by atoms with Crippen LogP contribution in [0.25, 0.3) is 0 Å². The van der Waals surface area contributed by atoms with Gasteiger partial charge in [0, 0.05) is 39.8 Å². The van der Waals surface area contributed by atoms with Crippen molar-refractivity contribution in [3.63, 3.8) is 0 Å². The summed E-state index contributed by atoms with van der Waals surface area (Å²) in [5.74, 6) is 0.00286. The quantitative estimate of drug-likeness (QED) is 0.803. The molecule has 1 aromatic rings. The minimum absolute atomic E-state index is 0.0565. The van der Waals surface area contributed by atoms with Crippen molar-refractivity contribution < 1.29 is 19.1 Å². The zero-order valence-corrected chi connectivity index (χ0v) is 14.5. The van der Waals surface area contributed by atoms with Gasteiger partial charge in [-0.25, -0.2) is 0 Å². The molecule has 1 N–H and O–H groups in total. The molecule has 2 aliphatic heterocycles. The highest BCUT2D eigenvalue weighted by atomic mass is 32.1. The molecule has 0 aliphatic carbocycles. The first kappa shape index (κ1) is 17.2. The van der Waals surface area contributed by atoms with Crippen LogP contribution in [0.3, 0.4) is 0 Å². The van der Waals surface area contributed by atoms with E-state index in [1.807, 2.05) is 0 Å². The maximum atomic E-state index is 12.3. The number of carbonyl (C=O) groups excluding carboxylic acids is 2. The van der Waals surface area contributed by atoms with Gasteiger partial charge in [-0.3, -0.25) is 14.5 Å². The first-order chi connectivity index (χ1) is 11.7. The van der Waals surface area contributed by atoms with Crippen molar-refractivity contribution in [2.75, 3.05) is 38.3 Å². The average molecular weight is 354 g/mol. The van der Waals surface area contributed by atoms with Gasteiger partial charge in [-0.05, 0) is 18.8 Å². The summed E-state index contributed by atoms with van der Waals surface area (Å²) in [6, 6.07) is 0. The summed E-state index contributed by atoms with van der Waals surface area (Å²) in [6.45, 7) is 2.91. The van der Waals surface area contributed by atoms with E-state index in [4.69, 9.17) is 9.47 Å². The molecule has 1 unspecified atom stereocenters. The van der Waals surface area contributed by atoms with Crippen molar-refractivity contribution in [1.29, 1.82) is 0 Å². The van der Waals surface area contributed by atoms with Crippen LogP contribution < -0.4 is 10.2 Å². The Morgan fingerprint density at radius 3 is 2.96 bits per heavy atom. The summed E-state index contributed by atoms with van der Waals surface area (Å²) in [7, 11) is 1.58. The first-order valence-corrected chi connectivity index (χ1v) is 8.96. The molecule has 0 aromatic carbocycles. The molecule has 1 atom stereocenters. The molecule has 3 heterocycles. The van der Waals surface area contributed by atoms with Crippen LogP contribution in [-0.2, 0) is 25.7 Å². The standard InChI is InChI=1S/C15H22N4O4S/c1-22-9-12-17-18-15(24-12)19-8-11(6-13(19)20)14(21)16-7-10-2-4-23-5-3-10/h10-11H,2-9H2,1H3,(H,16,21). The van der Waals surface area contributed by atoms with Gasteiger partial charge in [-0.1, -0.05) is 11.3 Å². The third-order valence-corrected chi connectivity index (χ3v) is 5.28. The van der Waals surface area contributed by atoms with E-state index in [0.29, 0.717) is 35.8 Å². The molecule has 0 radical (unpaired) electrons. The number of hydrogen-bond acceptors (Lipinski definition) is 7. The van der Waals surface area contributed by atoms with Crippen molar-refractivity contribution in [1.82, 2.24) is 15.5 Å². The molecule has 2 amide bonds. The summed E-state index contributed by atoms with van der Waals surface area (Å²) >= 11 is 1.32. The molecule has 1 aromatic heterocycles. The Kier molecular flexibility index (Phi) is 5.75. The van der Waals surface area contributed by atoms with Crippen molar-refractivity contribution in [3.8, 4) is 0 Å². The SMILES string of the molecule is COCc1nnc(N2CC(C(=O)NCC3CCOCC3)CC2=O)s1. The monoisotopic (exact) mass is 354 g/mol. The van der Waals surface area contributed by atoms with E-state index in [1.165, 1.54) is 11.3 Å². The van der Waals surface area contributed by atoms with Crippen LogP contribution in [0.4, 0.5) is 5.13 Å². The van der Waals surface area contributed by atoms with Crippen LogP contribution >= 0.6 is 11.3 Å². The van der Waals surface area contributed by atoms with Gasteiger partial charge in [0.05, 0.1) is 5.92 Å². The Morgan fingerprint density at radius 2 is 2.21 bits per heavy atom. The van der Waals surface area contributed by atoms with E-state index < -0.39 is 0 Å². The number of methoxy groups -OCH3 is 1. The molecule has 9 heteroatoms. The number of ether oxygens (including phenoxy) is 2. The van der Waals surface area contributed by atoms with E-state index in [0.717, 1.165) is 26.1 Å². The van der Waals surface area contributed by atoms with Gasteiger partial charge in [0.1, 0.15) is 11.6 Å².